The van der Waals surface area contributed by atoms with Gasteiger partial charge >= 0.3 is 5.97 Å². The summed E-state index contributed by atoms with van der Waals surface area (Å²) in [5.41, 5.74) is 4.83. The number of nitrogens with zero attached hydrogens (tertiary/aromatic N) is 2. The van der Waals surface area contributed by atoms with Crippen molar-refractivity contribution in [2.24, 2.45) is 11.7 Å². The first-order chi connectivity index (χ1) is 10.8. The summed E-state index contributed by atoms with van der Waals surface area (Å²) in [6, 6.07) is 6.66. The van der Waals surface area contributed by atoms with E-state index in [2.05, 4.69) is 5.10 Å². The topological polar surface area (TPSA) is 104 Å². The summed E-state index contributed by atoms with van der Waals surface area (Å²) < 4.78 is 6.26. The number of esters is 1. The molecule has 0 bridgehead atoms. The molecule has 1 amide bonds. The lowest BCUT2D eigenvalue weighted by Crippen LogP contribution is -2.32. The molecule has 0 aliphatic heterocycles. The van der Waals surface area contributed by atoms with Gasteiger partial charge in [-0.2, -0.15) is 5.10 Å². The number of amides is 1. The zero-order valence-electron chi connectivity index (χ0n) is 13.3. The van der Waals surface area contributed by atoms with Gasteiger partial charge in [0.2, 0.25) is 0 Å². The minimum Gasteiger partial charge on any atom is -0.448 e. The third-order valence-corrected chi connectivity index (χ3v) is 3.28. The molecule has 0 fully saturated rings. The monoisotopic (exact) mass is 317 g/mol. The lowest BCUT2D eigenvalue weighted by atomic mass is 10.1. The molecule has 0 spiro atoms. The normalized spacial score (nSPS) is 12.3. The maximum Gasteiger partial charge on any atom is 0.360 e. The number of hydrogen-bond donors (Lipinski definition) is 1. The molecule has 0 saturated heterocycles. The quantitative estimate of drug-likeness (QED) is 0.831. The van der Waals surface area contributed by atoms with E-state index in [0.717, 1.165) is 0 Å². The molecule has 122 valence electrons. The Bertz CT molecular complexity index is 811. The van der Waals surface area contributed by atoms with Gasteiger partial charge in [0.15, 0.2) is 11.8 Å². The predicted molar refractivity (Wildman–Crippen MR) is 84.9 cm³/mol. The molecule has 0 aliphatic rings. The SMILES string of the molecule is CC(C)Cn1nc(C(=O)OC(C)C(N)=O)c2ccccc2c1=O. The molecule has 23 heavy (non-hydrogen) atoms. The number of hydrogen-bond acceptors (Lipinski definition) is 5. The van der Waals surface area contributed by atoms with Gasteiger partial charge in [0.05, 0.1) is 5.39 Å². The number of ether oxygens (including phenoxy) is 1. The van der Waals surface area contributed by atoms with Crippen LogP contribution in [0.5, 0.6) is 0 Å². The second-order valence-electron chi connectivity index (χ2n) is 5.73. The van der Waals surface area contributed by atoms with E-state index in [1.165, 1.54) is 11.6 Å². The summed E-state index contributed by atoms with van der Waals surface area (Å²) in [7, 11) is 0. The van der Waals surface area contributed by atoms with Crippen molar-refractivity contribution in [2.45, 2.75) is 33.4 Å². The van der Waals surface area contributed by atoms with E-state index < -0.39 is 18.0 Å². The molecule has 1 aromatic carbocycles. The molecule has 7 nitrogen and oxygen atoms in total. The first-order valence-corrected chi connectivity index (χ1v) is 7.31. The van der Waals surface area contributed by atoms with E-state index in [9.17, 15) is 14.4 Å². The van der Waals surface area contributed by atoms with Crippen LogP contribution in [-0.2, 0) is 16.1 Å². The molecule has 0 radical (unpaired) electrons. The predicted octanol–water partition coefficient (Wildman–Crippen LogP) is 1.08. The number of rotatable bonds is 5. The van der Waals surface area contributed by atoms with Crippen LogP contribution in [0, 0.1) is 5.92 Å². The average molecular weight is 317 g/mol. The summed E-state index contributed by atoms with van der Waals surface area (Å²) in [5, 5.41) is 4.90. The summed E-state index contributed by atoms with van der Waals surface area (Å²) in [6.07, 6.45) is -1.08. The van der Waals surface area contributed by atoms with Crippen LogP contribution in [0.1, 0.15) is 31.3 Å². The lowest BCUT2D eigenvalue weighted by Gasteiger charge is -2.13. The summed E-state index contributed by atoms with van der Waals surface area (Å²) >= 11 is 0. The van der Waals surface area contributed by atoms with Crippen molar-refractivity contribution in [3.8, 4) is 0 Å². The number of carbonyl (C=O) groups is 2. The largest absolute Gasteiger partial charge is 0.448 e. The van der Waals surface area contributed by atoms with E-state index in [1.54, 1.807) is 24.3 Å². The first kappa shape index (κ1) is 16.7. The van der Waals surface area contributed by atoms with Gasteiger partial charge in [0.25, 0.3) is 11.5 Å². The van der Waals surface area contributed by atoms with Gasteiger partial charge in [-0.3, -0.25) is 9.59 Å². The molecule has 0 aliphatic carbocycles. The van der Waals surface area contributed by atoms with Crippen LogP contribution in [0.2, 0.25) is 0 Å². The molecule has 1 unspecified atom stereocenters. The fourth-order valence-electron chi connectivity index (χ4n) is 2.13. The molecule has 0 saturated carbocycles. The zero-order valence-corrected chi connectivity index (χ0v) is 13.3. The number of fused-ring (bicyclic) bond motifs is 1. The molecule has 1 atom stereocenters. The molecule has 7 heteroatoms. The van der Waals surface area contributed by atoms with Crippen LogP contribution in [-0.4, -0.2) is 27.8 Å². The maximum atomic E-state index is 12.4. The second-order valence-corrected chi connectivity index (χ2v) is 5.73. The zero-order chi connectivity index (χ0) is 17.1. The van der Waals surface area contributed by atoms with Gasteiger partial charge in [-0.15, -0.1) is 0 Å². The van der Waals surface area contributed by atoms with Gasteiger partial charge < -0.3 is 10.5 Å². The van der Waals surface area contributed by atoms with Crippen molar-refractivity contribution in [2.75, 3.05) is 0 Å². The van der Waals surface area contributed by atoms with Gasteiger partial charge in [0.1, 0.15) is 0 Å². The Morgan fingerprint density at radius 1 is 1.22 bits per heavy atom. The van der Waals surface area contributed by atoms with E-state index in [0.29, 0.717) is 17.3 Å². The van der Waals surface area contributed by atoms with Crippen molar-refractivity contribution in [1.82, 2.24) is 9.78 Å². The minimum absolute atomic E-state index is 0.00560. The Morgan fingerprint density at radius 3 is 2.39 bits per heavy atom. The second kappa shape index (κ2) is 6.60. The van der Waals surface area contributed by atoms with E-state index in [-0.39, 0.29) is 17.2 Å². The van der Waals surface area contributed by atoms with Gasteiger partial charge in [-0.25, -0.2) is 9.48 Å². The smallest absolute Gasteiger partial charge is 0.360 e. The minimum atomic E-state index is -1.08. The fourth-order valence-corrected chi connectivity index (χ4v) is 2.13. The first-order valence-electron chi connectivity index (χ1n) is 7.31. The van der Waals surface area contributed by atoms with Gasteiger partial charge in [-0.05, 0) is 18.9 Å². The highest BCUT2D eigenvalue weighted by Crippen LogP contribution is 2.15. The standard InChI is InChI=1S/C16H19N3O4/c1-9(2)8-19-15(21)12-7-5-4-6-11(12)13(18-19)16(22)23-10(3)14(17)20/h4-7,9-10H,8H2,1-3H3,(H2,17,20). The fraction of sp³-hybridized carbons (Fsp3) is 0.375. The Hall–Kier alpha value is -2.70. The van der Waals surface area contributed by atoms with Gasteiger partial charge in [0, 0.05) is 11.9 Å². The summed E-state index contributed by atoms with van der Waals surface area (Å²) in [4.78, 5) is 35.8. The van der Waals surface area contributed by atoms with E-state index in [1.807, 2.05) is 13.8 Å². The third kappa shape index (κ3) is 3.56. The highest BCUT2D eigenvalue weighted by molar-refractivity contribution is 6.02. The Labute approximate surface area is 133 Å². The van der Waals surface area contributed by atoms with Gasteiger partial charge in [-0.1, -0.05) is 32.0 Å². The Morgan fingerprint density at radius 2 is 1.83 bits per heavy atom. The molecule has 2 aromatic rings. The Balaban J connectivity index is 2.57. The van der Waals surface area contributed by atoms with Crippen LogP contribution in [0.15, 0.2) is 29.1 Å². The lowest BCUT2D eigenvalue weighted by molar-refractivity contribution is -0.125. The highest BCUT2D eigenvalue weighted by Gasteiger charge is 2.22. The third-order valence-electron chi connectivity index (χ3n) is 3.28. The van der Waals surface area contributed by atoms with Crippen LogP contribution < -0.4 is 11.3 Å². The van der Waals surface area contributed by atoms with Crippen LogP contribution in [0.4, 0.5) is 0 Å². The van der Waals surface area contributed by atoms with E-state index >= 15 is 0 Å². The van der Waals surface area contributed by atoms with Crippen molar-refractivity contribution in [1.29, 1.82) is 0 Å². The number of benzene rings is 1. The maximum absolute atomic E-state index is 12.4. The van der Waals surface area contributed by atoms with Crippen molar-refractivity contribution in [3.63, 3.8) is 0 Å². The average Bonchev–Trinajstić information content (AvgIpc) is 2.49. The highest BCUT2D eigenvalue weighted by atomic mass is 16.5. The van der Waals surface area contributed by atoms with Crippen molar-refractivity contribution < 1.29 is 14.3 Å². The molecule has 1 aromatic heterocycles. The summed E-state index contributed by atoms with van der Waals surface area (Å²) in [6.45, 7) is 5.63. The van der Waals surface area contributed by atoms with E-state index in [4.69, 9.17) is 10.5 Å². The number of nitrogens with two attached hydrogens (primary N) is 1. The molecule has 1 heterocycles. The van der Waals surface area contributed by atoms with Crippen LogP contribution in [0.3, 0.4) is 0 Å². The van der Waals surface area contributed by atoms with Crippen LogP contribution >= 0.6 is 0 Å². The van der Waals surface area contributed by atoms with Crippen molar-refractivity contribution in [3.05, 3.63) is 40.3 Å². The summed E-state index contributed by atoms with van der Waals surface area (Å²) in [5.74, 6) is -1.36. The molecule has 2 N–H and O–H groups in total. The molecular formula is C16H19N3O4. The Kier molecular flexibility index (Phi) is 4.78. The molecular weight excluding hydrogens is 298 g/mol. The van der Waals surface area contributed by atoms with Crippen molar-refractivity contribution >= 4 is 22.6 Å². The number of aromatic nitrogens is 2. The molecule has 2 rings (SSSR count). The number of carbonyl (C=O) groups excluding carboxylic acids is 2. The number of primary amides is 1. The van der Waals surface area contributed by atoms with Crippen LogP contribution in [0.25, 0.3) is 10.8 Å².